The second kappa shape index (κ2) is 6.51. The summed E-state index contributed by atoms with van der Waals surface area (Å²) in [6.45, 7) is 2.43. The van der Waals surface area contributed by atoms with E-state index in [4.69, 9.17) is 10.9 Å². The molecule has 1 amide bonds. The SMILES string of the molecule is CCN(C(=O)c1ccc(C(N)=NO)cn1)c1ccccc1. The molecule has 0 atom stereocenters. The molecule has 2 aromatic rings. The summed E-state index contributed by atoms with van der Waals surface area (Å²) in [5.74, 6) is -0.244. The van der Waals surface area contributed by atoms with E-state index in [1.54, 1.807) is 17.0 Å². The molecule has 0 saturated carbocycles. The van der Waals surface area contributed by atoms with E-state index in [-0.39, 0.29) is 11.7 Å². The van der Waals surface area contributed by atoms with Gasteiger partial charge in [0.15, 0.2) is 5.84 Å². The van der Waals surface area contributed by atoms with Crippen LogP contribution in [0.15, 0.2) is 53.8 Å². The highest BCUT2D eigenvalue weighted by atomic mass is 16.4. The Morgan fingerprint density at radius 1 is 1.29 bits per heavy atom. The number of aromatic nitrogens is 1. The molecule has 0 aliphatic rings. The van der Waals surface area contributed by atoms with Crippen molar-refractivity contribution in [3.05, 3.63) is 59.9 Å². The van der Waals surface area contributed by atoms with Crippen LogP contribution >= 0.6 is 0 Å². The van der Waals surface area contributed by atoms with Crippen LogP contribution in [0.3, 0.4) is 0 Å². The van der Waals surface area contributed by atoms with Gasteiger partial charge in [-0.2, -0.15) is 0 Å². The van der Waals surface area contributed by atoms with Crippen LogP contribution in [0, 0.1) is 0 Å². The minimum Gasteiger partial charge on any atom is -0.409 e. The Bertz CT molecular complexity index is 638. The molecule has 0 fully saturated rings. The van der Waals surface area contributed by atoms with E-state index >= 15 is 0 Å². The number of amidine groups is 1. The van der Waals surface area contributed by atoms with Gasteiger partial charge >= 0.3 is 0 Å². The predicted molar refractivity (Wildman–Crippen MR) is 80.5 cm³/mol. The van der Waals surface area contributed by atoms with E-state index in [1.165, 1.54) is 6.20 Å². The first-order chi connectivity index (χ1) is 10.2. The minimum atomic E-state index is -0.199. The summed E-state index contributed by atoms with van der Waals surface area (Å²) >= 11 is 0. The summed E-state index contributed by atoms with van der Waals surface area (Å²) in [7, 11) is 0. The van der Waals surface area contributed by atoms with Crippen molar-refractivity contribution in [3.8, 4) is 0 Å². The number of hydrogen-bond acceptors (Lipinski definition) is 4. The Morgan fingerprint density at radius 2 is 2.00 bits per heavy atom. The molecule has 2 rings (SSSR count). The van der Waals surface area contributed by atoms with Crippen LogP contribution in [0.2, 0.25) is 0 Å². The molecule has 0 saturated heterocycles. The number of carbonyl (C=O) groups excluding carboxylic acids is 1. The third-order valence-corrected chi connectivity index (χ3v) is 3.02. The standard InChI is InChI=1S/C15H16N4O2/c1-2-19(12-6-4-3-5-7-12)15(20)13-9-8-11(10-17-13)14(16)18-21/h3-10,21H,2H2,1H3,(H2,16,18). The van der Waals surface area contributed by atoms with Crippen LogP contribution in [0.5, 0.6) is 0 Å². The maximum Gasteiger partial charge on any atom is 0.276 e. The molecule has 3 N–H and O–H groups in total. The first kappa shape index (κ1) is 14.5. The van der Waals surface area contributed by atoms with Gasteiger partial charge in [0.05, 0.1) is 0 Å². The normalized spacial score (nSPS) is 11.2. The second-order valence-corrected chi connectivity index (χ2v) is 4.30. The van der Waals surface area contributed by atoms with Gasteiger partial charge < -0.3 is 15.8 Å². The molecule has 0 spiro atoms. The maximum absolute atomic E-state index is 12.5. The number of oxime groups is 1. The van der Waals surface area contributed by atoms with Gasteiger partial charge in [0.2, 0.25) is 0 Å². The largest absolute Gasteiger partial charge is 0.409 e. The number of carbonyl (C=O) groups is 1. The summed E-state index contributed by atoms with van der Waals surface area (Å²) in [5.41, 5.74) is 7.03. The van der Waals surface area contributed by atoms with Crippen LogP contribution in [0.25, 0.3) is 0 Å². The van der Waals surface area contributed by atoms with Crippen molar-refractivity contribution in [2.75, 3.05) is 11.4 Å². The summed E-state index contributed by atoms with van der Waals surface area (Å²) in [4.78, 5) is 18.2. The van der Waals surface area contributed by atoms with E-state index in [1.807, 2.05) is 37.3 Å². The Morgan fingerprint density at radius 3 is 2.52 bits per heavy atom. The molecule has 6 heteroatoms. The third-order valence-electron chi connectivity index (χ3n) is 3.02. The molecule has 0 aliphatic carbocycles. The van der Waals surface area contributed by atoms with Crippen LogP contribution in [-0.2, 0) is 0 Å². The molecule has 21 heavy (non-hydrogen) atoms. The van der Waals surface area contributed by atoms with Crippen molar-refractivity contribution in [2.24, 2.45) is 10.9 Å². The van der Waals surface area contributed by atoms with Crippen molar-refractivity contribution in [1.82, 2.24) is 4.98 Å². The lowest BCUT2D eigenvalue weighted by molar-refractivity contribution is 0.0983. The van der Waals surface area contributed by atoms with Gasteiger partial charge in [-0.3, -0.25) is 9.78 Å². The Hall–Kier alpha value is -2.89. The summed E-state index contributed by atoms with van der Waals surface area (Å²) in [6, 6.07) is 12.5. The van der Waals surface area contributed by atoms with E-state index in [2.05, 4.69) is 10.1 Å². The second-order valence-electron chi connectivity index (χ2n) is 4.30. The molecule has 1 heterocycles. The van der Waals surface area contributed by atoms with Crippen molar-refractivity contribution in [1.29, 1.82) is 0 Å². The molecule has 0 radical (unpaired) electrons. The number of anilines is 1. The van der Waals surface area contributed by atoms with Gasteiger partial charge in [-0.15, -0.1) is 0 Å². The molecule has 1 aromatic carbocycles. The molecule has 0 bridgehead atoms. The van der Waals surface area contributed by atoms with E-state index in [0.717, 1.165) is 5.69 Å². The Balaban J connectivity index is 2.26. The monoisotopic (exact) mass is 284 g/mol. The topological polar surface area (TPSA) is 91.8 Å². The summed E-state index contributed by atoms with van der Waals surface area (Å²) in [6.07, 6.45) is 1.40. The summed E-state index contributed by atoms with van der Waals surface area (Å²) in [5, 5.41) is 11.5. The predicted octanol–water partition coefficient (Wildman–Crippen LogP) is 1.84. The number of nitrogens with zero attached hydrogens (tertiary/aromatic N) is 3. The van der Waals surface area contributed by atoms with Gasteiger partial charge in [-0.05, 0) is 31.2 Å². The number of benzene rings is 1. The molecular formula is C15H16N4O2. The first-order valence-corrected chi connectivity index (χ1v) is 6.48. The number of amides is 1. The lowest BCUT2D eigenvalue weighted by Crippen LogP contribution is -2.31. The van der Waals surface area contributed by atoms with Gasteiger partial charge in [0.1, 0.15) is 5.69 Å². The number of nitrogens with two attached hydrogens (primary N) is 1. The lowest BCUT2D eigenvalue weighted by atomic mass is 10.2. The van der Waals surface area contributed by atoms with Crippen LogP contribution in [0.1, 0.15) is 23.0 Å². The van der Waals surface area contributed by atoms with Crippen LogP contribution in [-0.4, -0.2) is 28.5 Å². The highest BCUT2D eigenvalue weighted by molar-refractivity contribution is 6.05. The number of hydrogen-bond donors (Lipinski definition) is 2. The number of para-hydroxylation sites is 1. The Kier molecular flexibility index (Phi) is 4.50. The quantitative estimate of drug-likeness (QED) is 0.388. The van der Waals surface area contributed by atoms with E-state index in [9.17, 15) is 4.79 Å². The van der Waals surface area contributed by atoms with Crippen molar-refractivity contribution >= 4 is 17.4 Å². The zero-order chi connectivity index (χ0) is 15.2. The molecule has 6 nitrogen and oxygen atoms in total. The van der Waals surface area contributed by atoms with Crippen molar-refractivity contribution in [3.63, 3.8) is 0 Å². The van der Waals surface area contributed by atoms with Crippen LogP contribution in [0.4, 0.5) is 5.69 Å². The average Bonchev–Trinajstić information content (AvgIpc) is 2.56. The molecule has 108 valence electrons. The van der Waals surface area contributed by atoms with E-state index < -0.39 is 0 Å². The van der Waals surface area contributed by atoms with Crippen LogP contribution < -0.4 is 10.6 Å². The zero-order valence-electron chi connectivity index (χ0n) is 11.6. The summed E-state index contributed by atoms with van der Waals surface area (Å²) < 4.78 is 0. The highest BCUT2D eigenvalue weighted by Gasteiger charge is 2.17. The van der Waals surface area contributed by atoms with Gasteiger partial charge in [-0.1, -0.05) is 23.4 Å². The first-order valence-electron chi connectivity index (χ1n) is 6.48. The smallest absolute Gasteiger partial charge is 0.276 e. The van der Waals surface area contributed by atoms with Crippen molar-refractivity contribution in [2.45, 2.75) is 6.92 Å². The van der Waals surface area contributed by atoms with Crippen molar-refractivity contribution < 1.29 is 10.0 Å². The highest BCUT2D eigenvalue weighted by Crippen LogP contribution is 2.15. The molecular weight excluding hydrogens is 268 g/mol. The lowest BCUT2D eigenvalue weighted by Gasteiger charge is -2.20. The fraction of sp³-hybridized carbons (Fsp3) is 0.133. The Labute approximate surface area is 122 Å². The average molecular weight is 284 g/mol. The number of pyridine rings is 1. The van der Waals surface area contributed by atoms with Gasteiger partial charge in [0, 0.05) is 24.0 Å². The molecule has 0 unspecified atom stereocenters. The molecule has 1 aromatic heterocycles. The third kappa shape index (κ3) is 3.17. The van der Waals surface area contributed by atoms with Gasteiger partial charge in [0.25, 0.3) is 5.91 Å². The van der Waals surface area contributed by atoms with E-state index in [0.29, 0.717) is 17.8 Å². The maximum atomic E-state index is 12.5. The fourth-order valence-electron chi connectivity index (χ4n) is 1.92. The molecule has 0 aliphatic heterocycles. The van der Waals surface area contributed by atoms with Gasteiger partial charge in [-0.25, -0.2) is 0 Å². The minimum absolute atomic E-state index is 0.0445. The zero-order valence-corrected chi connectivity index (χ0v) is 11.6. The number of rotatable bonds is 4. The fourth-order valence-corrected chi connectivity index (χ4v) is 1.92.